The molecule has 0 amide bonds. The highest BCUT2D eigenvalue weighted by Gasteiger charge is 2.23. The summed E-state index contributed by atoms with van der Waals surface area (Å²) in [5.41, 5.74) is 3.86. The van der Waals surface area contributed by atoms with Gasteiger partial charge >= 0.3 is 0 Å². The summed E-state index contributed by atoms with van der Waals surface area (Å²) in [5.74, 6) is 0.824. The van der Waals surface area contributed by atoms with Gasteiger partial charge in [0.25, 0.3) is 0 Å². The van der Waals surface area contributed by atoms with Crippen LogP contribution in [0.5, 0.6) is 0 Å². The Morgan fingerprint density at radius 1 is 1.07 bits per heavy atom. The molecule has 1 aliphatic rings. The number of nitrogens with zero attached hydrogens (tertiary/aromatic N) is 2. The third-order valence-electron chi connectivity index (χ3n) is 4.90. The summed E-state index contributed by atoms with van der Waals surface area (Å²) >= 11 is 0. The van der Waals surface area contributed by atoms with Gasteiger partial charge in [0.05, 0.1) is 19.3 Å². The van der Waals surface area contributed by atoms with Crippen LogP contribution >= 0.6 is 0 Å². The van der Waals surface area contributed by atoms with Gasteiger partial charge in [0.15, 0.2) is 5.96 Å². The van der Waals surface area contributed by atoms with Crippen LogP contribution in [0.25, 0.3) is 0 Å². The van der Waals surface area contributed by atoms with Gasteiger partial charge < -0.3 is 15.4 Å². The zero-order valence-electron chi connectivity index (χ0n) is 16.3. The van der Waals surface area contributed by atoms with Crippen molar-refractivity contribution in [3.63, 3.8) is 0 Å². The fraction of sp³-hybridized carbons (Fsp3) is 0.409. The van der Waals surface area contributed by atoms with Crippen molar-refractivity contribution in [2.45, 2.75) is 19.5 Å². The number of aliphatic imine (C=N–C) groups is 1. The predicted molar refractivity (Wildman–Crippen MR) is 111 cm³/mol. The molecule has 1 aliphatic heterocycles. The van der Waals surface area contributed by atoms with Crippen LogP contribution in [0.1, 0.15) is 22.7 Å². The van der Waals surface area contributed by atoms with Crippen LogP contribution in [0, 0.1) is 6.92 Å². The van der Waals surface area contributed by atoms with Gasteiger partial charge in [-0.25, -0.2) is 0 Å². The van der Waals surface area contributed by atoms with Crippen molar-refractivity contribution in [2.75, 3.05) is 39.9 Å². The molecule has 0 radical (unpaired) electrons. The number of guanidine groups is 1. The first-order valence-electron chi connectivity index (χ1n) is 9.63. The highest BCUT2D eigenvalue weighted by Crippen LogP contribution is 2.22. The monoisotopic (exact) mass is 366 g/mol. The molecule has 1 heterocycles. The quantitative estimate of drug-likeness (QED) is 0.610. The van der Waals surface area contributed by atoms with Crippen molar-refractivity contribution in [1.82, 2.24) is 15.5 Å². The second-order valence-electron chi connectivity index (χ2n) is 6.87. The van der Waals surface area contributed by atoms with Gasteiger partial charge in [-0.05, 0) is 18.1 Å². The average molecular weight is 367 g/mol. The molecule has 2 aromatic carbocycles. The fourth-order valence-electron chi connectivity index (χ4n) is 3.42. The van der Waals surface area contributed by atoms with Gasteiger partial charge in [-0.2, -0.15) is 0 Å². The molecule has 144 valence electrons. The number of nitrogens with one attached hydrogen (secondary N) is 2. The Bertz CT molecular complexity index is 726. The Kier molecular flexibility index (Phi) is 7.25. The molecule has 2 N–H and O–H groups in total. The Morgan fingerprint density at radius 3 is 2.56 bits per heavy atom. The third kappa shape index (κ3) is 5.81. The van der Waals surface area contributed by atoms with Gasteiger partial charge in [-0.1, -0.05) is 60.2 Å². The maximum absolute atomic E-state index is 5.55. The number of morpholine rings is 1. The standard InChI is InChI=1S/C22H30N4O/c1-18-7-6-10-20(15-18)21(26-11-13-27-14-12-26)17-25-22(23-2)24-16-19-8-4-3-5-9-19/h3-10,15,21H,11-14,16-17H2,1-2H3,(H2,23,24,25). The number of hydrogen-bond donors (Lipinski definition) is 2. The van der Waals surface area contributed by atoms with Crippen molar-refractivity contribution in [2.24, 2.45) is 4.99 Å². The number of hydrogen-bond acceptors (Lipinski definition) is 3. The Hall–Kier alpha value is -2.37. The second kappa shape index (κ2) is 10.1. The minimum atomic E-state index is 0.295. The average Bonchev–Trinajstić information content (AvgIpc) is 2.72. The van der Waals surface area contributed by atoms with E-state index in [4.69, 9.17) is 4.74 Å². The summed E-state index contributed by atoms with van der Waals surface area (Å²) in [6.45, 7) is 7.21. The maximum Gasteiger partial charge on any atom is 0.191 e. The van der Waals surface area contributed by atoms with Crippen molar-refractivity contribution >= 4 is 5.96 Å². The normalized spacial score (nSPS) is 16.7. The number of ether oxygens (including phenoxy) is 1. The van der Waals surface area contributed by atoms with Crippen LogP contribution in [0.4, 0.5) is 0 Å². The van der Waals surface area contributed by atoms with Crippen molar-refractivity contribution < 1.29 is 4.74 Å². The van der Waals surface area contributed by atoms with E-state index in [1.165, 1.54) is 16.7 Å². The topological polar surface area (TPSA) is 48.9 Å². The van der Waals surface area contributed by atoms with E-state index in [9.17, 15) is 0 Å². The molecule has 1 unspecified atom stereocenters. The van der Waals surface area contributed by atoms with E-state index in [2.05, 4.69) is 76.0 Å². The lowest BCUT2D eigenvalue weighted by molar-refractivity contribution is 0.0170. The molecule has 3 rings (SSSR count). The molecule has 0 spiro atoms. The molecule has 2 aromatic rings. The lowest BCUT2D eigenvalue weighted by Gasteiger charge is -2.35. The van der Waals surface area contributed by atoms with Gasteiger partial charge in [0.2, 0.25) is 0 Å². The van der Waals surface area contributed by atoms with Gasteiger partial charge in [0.1, 0.15) is 0 Å². The fourth-order valence-corrected chi connectivity index (χ4v) is 3.42. The number of benzene rings is 2. The minimum Gasteiger partial charge on any atom is -0.379 e. The molecule has 5 heteroatoms. The molecule has 0 aliphatic carbocycles. The molecular formula is C22H30N4O. The second-order valence-corrected chi connectivity index (χ2v) is 6.87. The maximum atomic E-state index is 5.55. The smallest absolute Gasteiger partial charge is 0.191 e. The van der Waals surface area contributed by atoms with E-state index in [1.54, 1.807) is 0 Å². The first-order valence-corrected chi connectivity index (χ1v) is 9.63. The van der Waals surface area contributed by atoms with Gasteiger partial charge in [-0.3, -0.25) is 9.89 Å². The van der Waals surface area contributed by atoms with Crippen LogP contribution in [-0.4, -0.2) is 50.8 Å². The highest BCUT2D eigenvalue weighted by molar-refractivity contribution is 5.79. The number of rotatable bonds is 6. The molecule has 1 fully saturated rings. The van der Waals surface area contributed by atoms with Crippen LogP contribution in [-0.2, 0) is 11.3 Å². The van der Waals surface area contributed by atoms with E-state index in [-0.39, 0.29) is 0 Å². The van der Waals surface area contributed by atoms with E-state index >= 15 is 0 Å². The van der Waals surface area contributed by atoms with Crippen LogP contribution in [0.2, 0.25) is 0 Å². The highest BCUT2D eigenvalue weighted by atomic mass is 16.5. The first-order chi connectivity index (χ1) is 13.3. The summed E-state index contributed by atoms with van der Waals surface area (Å²) in [4.78, 5) is 6.88. The van der Waals surface area contributed by atoms with Crippen LogP contribution in [0.3, 0.4) is 0 Å². The summed E-state index contributed by atoms with van der Waals surface area (Å²) < 4.78 is 5.55. The minimum absolute atomic E-state index is 0.295. The largest absolute Gasteiger partial charge is 0.379 e. The lowest BCUT2D eigenvalue weighted by Crippen LogP contribution is -2.46. The zero-order valence-corrected chi connectivity index (χ0v) is 16.3. The molecule has 0 bridgehead atoms. The predicted octanol–water partition coefficient (Wildman–Crippen LogP) is 2.73. The molecular weight excluding hydrogens is 336 g/mol. The van der Waals surface area contributed by atoms with Gasteiger partial charge in [-0.15, -0.1) is 0 Å². The van der Waals surface area contributed by atoms with Crippen LogP contribution in [0.15, 0.2) is 59.6 Å². The molecule has 1 atom stereocenters. The summed E-state index contributed by atoms with van der Waals surface area (Å²) in [5, 5.41) is 6.91. The molecule has 1 saturated heterocycles. The van der Waals surface area contributed by atoms with Crippen molar-refractivity contribution in [3.8, 4) is 0 Å². The summed E-state index contributed by atoms with van der Waals surface area (Å²) in [6.07, 6.45) is 0. The molecule has 5 nitrogen and oxygen atoms in total. The lowest BCUT2D eigenvalue weighted by atomic mass is 10.0. The molecule has 27 heavy (non-hydrogen) atoms. The van der Waals surface area contributed by atoms with E-state index < -0.39 is 0 Å². The Labute approximate surface area is 162 Å². The SMILES string of the molecule is CN=C(NCc1ccccc1)NCC(c1cccc(C)c1)N1CCOCC1. The van der Waals surface area contributed by atoms with E-state index in [0.717, 1.165) is 45.4 Å². The first kappa shape index (κ1) is 19.4. The summed E-state index contributed by atoms with van der Waals surface area (Å²) in [6, 6.07) is 19.5. The third-order valence-corrected chi connectivity index (χ3v) is 4.90. The Balaban J connectivity index is 1.64. The number of aryl methyl sites for hydroxylation is 1. The van der Waals surface area contributed by atoms with E-state index in [0.29, 0.717) is 6.04 Å². The van der Waals surface area contributed by atoms with Gasteiger partial charge in [0, 0.05) is 33.2 Å². The Morgan fingerprint density at radius 2 is 1.85 bits per heavy atom. The zero-order chi connectivity index (χ0) is 18.9. The summed E-state index contributed by atoms with van der Waals surface area (Å²) in [7, 11) is 1.82. The van der Waals surface area contributed by atoms with Crippen molar-refractivity contribution in [3.05, 3.63) is 71.3 Å². The van der Waals surface area contributed by atoms with Crippen LogP contribution < -0.4 is 10.6 Å². The van der Waals surface area contributed by atoms with E-state index in [1.807, 2.05) is 13.1 Å². The van der Waals surface area contributed by atoms with Crippen molar-refractivity contribution in [1.29, 1.82) is 0 Å². The molecule has 0 saturated carbocycles. The molecule has 0 aromatic heterocycles.